The van der Waals surface area contributed by atoms with Crippen molar-refractivity contribution in [1.82, 2.24) is 34.9 Å². The van der Waals surface area contributed by atoms with Gasteiger partial charge >= 0.3 is 0 Å². The van der Waals surface area contributed by atoms with Crippen molar-refractivity contribution in [2.75, 3.05) is 5.32 Å². The van der Waals surface area contributed by atoms with Gasteiger partial charge in [-0.05, 0) is 120 Å². The number of anilines is 1. The zero-order valence-electron chi connectivity index (χ0n) is 43.9. The number of aromatic amines is 4. The molecule has 0 unspecified atom stereocenters. The number of imidazole rings is 3. The molecule has 0 atom stereocenters. The molecule has 1 aliphatic rings. The number of hydrogen-bond donors (Lipinski definition) is 5. The Balaban J connectivity index is 0.000000140. The first-order chi connectivity index (χ1) is 31.7. The van der Waals surface area contributed by atoms with Gasteiger partial charge in [-0.25, -0.2) is 15.0 Å². The number of aromatic nitrogens is 7. The van der Waals surface area contributed by atoms with E-state index in [1.165, 1.54) is 50.0 Å². The number of hydrogen-bond acceptors (Lipinski definition) is 4. The van der Waals surface area contributed by atoms with Crippen molar-refractivity contribution in [1.29, 1.82) is 0 Å². The van der Waals surface area contributed by atoms with E-state index in [2.05, 4.69) is 255 Å². The van der Waals surface area contributed by atoms with Gasteiger partial charge in [-0.2, -0.15) is 0 Å². The van der Waals surface area contributed by atoms with Crippen LogP contribution in [0.4, 0.5) is 5.69 Å². The molecule has 0 aliphatic carbocycles. The number of aryl methyl sites for hydroxylation is 1. The maximum Gasteiger partial charge on any atom is 0.106 e. The van der Waals surface area contributed by atoms with Gasteiger partial charge in [-0.15, -0.1) is 0 Å². The molecule has 68 heavy (non-hydrogen) atoms. The van der Waals surface area contributed by atoms with Gasteiger partial charge in [-0.1, -0.05) is 160 Å². The molecule has 5 heterocycles. The van der Waals surface area contributed by atoms with Crippen molar-refractivity contribution in [2.24, 2.45) is 0 Å². The Morgan fingerprint density at radius 1 is 0.471 bits per heavy atom. The average molecular weight is 911 g/mol. The molecule has 0 radical (unpaired) electrons. The van der Waals surface area contributed by atoms with E-state index in [0.29, 0.717) is 0 Å². The van der Waals surface area contributed by atoms with Gasteiger partial charge in [0.1, 0.15) is 5.82 Å². The van der Waals surface area contributed by atoms with E-state index in [4.69, 9.17) is 0 Å². The molecule has 0 amide bonds. The Kier molecular flexibility index (Phi) is 15.0. The van der Waals surface area contributed by atoms with Gasteiger partial charge in [0.25, 0.3) is 0 Å². The molecule has 0 saturated carbocycles. The summed E-state index contributed by atoms with van der Waals surface area (Å²) in [5.41, 5.74) is 19.3. The summed E-state index contributed by atoms with van der Waals surface area (Å²) in [6.07, 6.45) is 7.38. The van der Waals surface area contributed by atoms with Gasteiger partial charge in [0.2, 0.25) is 0 Å². The van der Waals surface area contributed by atoms with E-state index in [1.807, 2.05) is 6.20 Å². The summed E-state index contributed by atoms with van der Waals surface area (Å²) >= 11 is 0. The third kappa shape index (κ3) is 13.2. The second-order valence-corrected chi connectivity index (χ2v) is 23.3. The van der Waals surface area contributed by atoms with E-state index in [0.717, 1.165) is 57.5 Å². The van der Waals surface area contributed by atoms with Crippen LogP contribution in [0.1, 0.15) is 150 Å². The highest BCUT2D eigenvalue weighted by Gasteiger charge is 2.20. The molecule has 0 spiro atoms. The zero-order chi connectivity index (χ0) is 49.8. The predicted octanol–water partition coefficient (Wildman–Crippen LogP) is 16.1. The smallest absolute Gasteiger partial charge is 0.106 e. The van der Waals surface area contributed by atoms with Crippen LogP contribution in [0.2, 0.25) is 0 Å². The first-order valence-electron chi connectivity index (χ1n) is 24.2. The summed E-state index contributed by atoms with van der Waals surface area (Å²) in [6, 6.07) is 34.6. The summed E-state index contributed by atoms with van der Waals surface area (Å²) in [4.78, 5) is 25.7. The molecule has 358 valence electrons. The fraction of sp³-hybridized carbons (Fsp3) is 0.383. The highest BCUT2D eigenvalue weighted by molar-refractivity contribution is 5.80. The van der Waals surface area contributed by atoms with Crippen LogP contribution >= 0.6 is 0 Å². The number of benzene rings is 5. The van der Waals surface area contributed by atoms with E-state index < -0.39 is 0 Å². The molecule has 0 bridgehead atoms. The Morgan fingerprint density at radius 2 is 0.897 bits per heavy atom. The van der Waals surface area contributed by atoms with Crippen molar-refractivity contribution < 1.29 is 0 Å². The largest absolute Gasteiger partial charge is 0.361 e. The lowest BCUT2D eigenvalue weighted by Crippen LogP contribution is -2.10. The van der Waals surface area contributed by atoms with Gasteiger partial charge in [-0.3, -0.25) is 0 Å². The van der Waals surface area contributed by atoms with E-state index in [1.54, 1.807) is 12.7 Å². The van der Waals surface area contributed by atoms with Crippen LogP contribution in [-0.2, 0) is 39.9 Å². The molecular weight excluding hydrogens is 833 g/mol. The molecule has 5 N–H and O–H groups in total. The minimum absolute atomic E-state index is 0.200. The van der Waals surface area contributed by atoms with Gasteiger partial charge in [0.05, 0.1) is 45.8 Å². The molecule has 0 fully saturated rings. The van der Waals surface area contributed by atoms with Crippen LogP contribution in [0.25, 0.3) is 44.0 Å². The zero-order valence-corrected chi connectivity index (χ0v) is 43.9. The number of rotatable bonds is 1. The summed E-state index contributed by atoms with van der Waals surface area (Å²) in [6.45, 7) is 39.4. The Hall–Kier alpha value is -6.41. The summed E-state index contributed by atoms with van der Waals surface area (Å²) in [5, 5.41) is 4.60. The van der Waals surface area contributed by atoms with Gasteiger partial charge < -0.3 is 25.3 Å². The second-order valence-electron chi connectivity index (χ2n) is 23.3. The Morgan fingerprint density at radius 3 is 1.38 bits per heavy atom. The van der Waals surface area contributed by atoms with Crippen molar-refractivity contribution in [2.45, 2.75) is 151 Å². The van der Waals surface area contributed by atoms with Crippen LogP contribution < -0.4 is 5.32 Å². The second kappa shape index (κ2) is 20.0. The fourth-order valence-corrected chi connectivity index (χ4v) is 7.79. The van der Waals surface area contributed by atoms with Crippen molar-refractivity contribution in [3.05, 3.63) is 167 Å². The summed E-state index contributed by atoms with van der Waals surface area (Å²) in [7, 11) is 0. The minimum atomic E-state index is 0.200. The number of nitrogens with zero attached hydrogens (tertiary/aromatic N) is 3. The molecule has 8 heteroatoms. The van der Waals surface area contributed by atoms with Crippen LogP contribution in [-0.4, -0.2) is 34.9 Å². The number of allylic oxidation sites excluding steroid dienone is 1. The molecule has 9 aromatic rings. The first-order valence-corrected chi connectivity index (χ1v) is 24.2. The number of fused-ring (bicyclic) bond motifs is 5. The Bertz CT molecular complexity index is 2900. The van der Waals surface area contributed by atoms with E-state index in [-0.39, 0.29) is 27.1 Å². The van der Waals surface area contributed by atoms with E-state index in [9.17, 15) is 0 Å². The number of nitrogens with one attached hydrogen (secondary N) is 5. The average Bonchev–Trinajstić information content (AvgIpc) is 4.11. The fourth-order valence-electron chi connectivity index (χ4n) is 7.79. The molecular formula is C60H78N8. The summed E-state index contributed by atoms with van der Waals surface area (Å²) < 4.78 is 0. The lowest BCUT2D eigenvalue weighted by atomic mass is 9.86. The Labute approximate surface area is 406 Å². The predicted molar refractivity (Wildman–Crippen MR) is 292 cm³/mol. The van der Waals surface area contributed by atoms with Gasteiger partial charge in [0, 0.05) is 35.9 Å². The lowest BCUT2D eigenvalue weighted by Gasteiger charge is -2.19. The molecule has 4 aromatic heterocycles. The molecule has 5 aromatic carbocycles. The highest BCUT2D eigenvalue weighted by atomic mass is 14.9. The minimum Gasteiger partial charge on any atom is -0.361 e. The van der Waals surface area contributed by atoms with Gasteiger partial charge in [0.15, 0.2) is 0 Å². The maximum atomic E-state index is 4.50. The molecule has 8 nitrogen and oxygen atoms in total. The monoisotopic (exact) mass is 911 g/mol. The third-order valence-electron chi connectivity index (χ3n) is 12.4. The first kappa shape index (κ1) is 51.0. The summed E-state index contributed by atoms with van der Waals surface area (Å²) in [5.74, 6) is 1.07. The van der Waals surface area contributed by atoms with Crippen LogP contribution in [0, 0.1) is 0 Å². The van der Waals surface area contributed by atoms with E-state index >= 15 is 0 Å². The third-order valence-corrected chi connectivity index (χ3v) is 12.4. The van der Waals surface area contributed by atoms with Crippen molar-refractivity contribution >= 4 is 49.7 Å². The molecule has 10 rings (SSSR count). The topological polar surface area (TPSA) is 114 Å². The quantitative estimate of drug-likeness (QED) is 0.113. The van der Waals surface area contributed by atoms with Crippen molar-refractivity contribution in [3.63, 3.8) is 0 Å². The molecule has 1 aliphatic heterocycles. The number of H-pyrrole nitrogens is 4. The lowest BCUT2D eigenvalue weighted by molar-refractivity contribution is 0.590. The van der Waals surface area contributed by atoms with Crippen molar-refractivity contribution in [3.8, 4) is 0 Å². The molecule has 0 saturated heterocycles. The maximum absolute atomic E-state index is 4.50. The SMILES string of the molecule is C=C1Cc2ccc(C(C)(C)C)cc2N1.CC(C)(C)c1ccc2cc[nH]c2c1.CC(C)(C)c1ccc2nc[nH]c2c1.CC(C)(C)c1ccc2nc[nH]c2c1.CCc1nc2ccc(C(C)(C)C)cc2[nH]1. The van der Waals surface area contributed by atoms with Crippen LogP contribution in [0.5, 0.6) is 0 Å². The standard InChI is InChI=1S/C13H18N2.C13H17N.C12H15N.2C11H14N2/c1-5-12-14-10-7-6-9(13(2,3)4)8-11(10)15-12;1-9-7-10-5-6-11(13(2,3)4)8-12(10)14-9;1-12(2,3)10-5-4-9-6-7-13-11(9)8-10;2*1-11(2,3)8-4-5-9-10(6-8)13-7-12-9/h6-8H,5H2,1-4H3,(H,14,15);5-6,8,14H,1,7H2,2-4H3;4-8,13H,1-3H3;2*4-7H,1-3H3,(H,12,13). The highest BCUT2D eigenvalue weighted by Crippen LogP contribution is 2.33. The van der Waals surface area contributed by atoms with Crippen LogP contribution in [0.15, 0.2) is 128 Å². The normalized spacial score (nSPS) is 12.9. The van der Waals surface area contributed by atoms with Crippen LogP contribution in [0.3, 0.4) is 0 Å².